The first kappa shape index (κ1) is 16.8. The molecule has 0 aromatic rings. The minimum atomic E-state index is 0.0396. The Morgan fingerprint density at radius 1 is 0.857 bits per heavy atom. The van der Waals surface area contributed by atoms with Crippen LogP contribution in [0.3, 0.4) is 0 Å². The highest BCUT2D eigenvalue weighted by molar-refractivity contribution is 4.98. The van der Waals surface area contributed by atoms with Gasteiger partial charge in [0.15, 0.2) is 0 Å². The zero-order valence-electron chi connectivity index (χ0n) is 14.2. The molecular weight excluding hydrogens is 256 g/mol. The van der Waals surface area contributed by atoms with Gasteiger partial charge in [-0.15, -0.1) is 13.2 Å². The summed E-state index contributed by atoms with van der Waals surface area (Å²) in [5, 5.41) is 0. The van der Waals surface area contributed by atoms with E-state index < -0.39 is 0 Å². The lowest BCUT2D eigenvalue weighted by molar-refractivity contribution is -0.210. The van der Waals surface area contributed by atoms with Crippen LogP contribution in [0.1, 0.15) is 78.1 Å². The molecule has 0 radical (unpaired) electrons. The Bertz CT molecular complexity index is 327. The molecule has 0 N–H and O–H groups in total. The van der Waals surface area contributed by atoms with E-state index in [1.807, 2.05) is 0 Å². The lowest BCUT2D eigenvalue weighted by Crippen LogP contribution is -2.51. The summed E-state index contributed by atoms with van der Waals surface area (Å²) in [4.78, 5) is 0. The van der Waals surface area contributed by atoms with Crippen molar-refractivity contribution in [3.63, 3.8) is 0 Å². The van der Waals surface area contributed by atoms with Crippen LogP contribution in [-0.4, -0.2) is 11.2 Å². The lowest BCUT2D eigenvalue weighted by Gasteiger charge is -2.51. The Hall–Kier alpha value is -0.560. The highest BCUT2D eigenvalue weighted by Gasteiger charge is 2.46. The van der Waals surface area contributed by atoms with E-state index >= 15 is 0 Å². The molecule has 2 fully saturated rings. The van der Waals surface area contributed by atoms with Crippen LogP contribution in [-0.2, 0) is 4.74 Å². The van der Waals surface area contributed by atoms with Crippen molar-refractivity contribution in [2.45, 2.75) is 89.3 Å². The van der Waals surface area contributed by atoms with E-state index in [9.17, 15) is 0 Å². The zero-order valence-corrected chi connectivity index (χ0v) is 14.2. The van der Waals surface area contributed by atoms with E-state index in [0.717, 1.165) is 12.8 Å². The average molecular weight is 290 g/mol. The van der Waals surface area contributed by atoms with Gasteiger partial charge in [-0.2, -0.15) is 0 Å². The van der Waals surface area contributed by atoms with E-state index in [2.05, 4.69) is 39.2 Å². The van der Waals surface area contributed by atoms with Crippen molar-refractivity contribution in [2.24, 2.45) is 11.8 Å². The van der Waals surface area contributed by atoms with E-state index in [4.69, 9.17) is 4.74 Å². The number of rotatable bonds is 6. The minimum absolute atomic E-state index is 0.0396. The second-order valence-electron chi connectivity index (χ2n) is 7.66. The van der Waals surface area contributed by atoms with Gasteiger partial charge < -0.3 is 4.74 Å². The van der Waals surface area contributed by atoms with Crippen LogP contribution in [0.5, 0.6) is 0 Å². The van der Waals surface area contributed by atoms with Crippen LogP contribution in [0, 0.1) is 11.8 Å². The smallest absolute Gasteiger partial charge is 0.0693 e. The van der Waals surface area contributed by atoms with Gasteiger partial charge in [-0.05, 0) is 64.2 Å². The van der Waals surface area contributed by atoms with Crippen LogP contribution in [0.25, 0.3) is 0 Å². The Morgan fingerprint density at radius 2 is 1.29 bits per heavy atom. The van der Waals surface area contributed by atoms with Gasteiger partial charge in [0.2, 0.25) is 0 Å². The van der Waals surface area contributed by atoms with Crippen molar-refractivity contribution in [2.75, 3.05) is 0 Å². The number of allylic oxidation sites excluding steroid dienone is 2. The molecule has 1 nitrogen and oxygen atoms in total. The summed E-state index contributed by atoms with van der Waals surface area (Å²) in [6.07, 6.45) is 16.7. The Kier molecular flexibility index (Phi) is 5.71. The third-order valence-electron chi connectivity index (χ3n) is 6.05. The molecule has 0 aromatic carbocycles. The van der Waals surface area contributed by atoms with Crippen LogP contribution in [0.4, 0.5) is 0 Å². The molecule has 4 unspecified atom stereocenters. The molecule has 0 heterocycles. The van der Waals surface area contributed by atoms with Gasteiger partial charge in [0.25, 0.3) is 0 Å². The van der Waals surface area contributed by atoms with Crippen LogP contribution in [0.2, 0.25) is 0 Å². The van der Waals surface area contributed by atoms with Crippen molar-refractivity contribution >= 4 is 0 Å². The van der Waals surface area contributed by atoms with Crippen LogP contribution in [0.15, 0.2) is 25.3 Å². The molecule has 0 spiro atoms. The van der Waals surface area contributed by atoms with E-state index in [-0.39, 0.29) is 11.2 Å². The molecule has 2 aliphatic rings. The van der Waals surface area contributed by atoms with Gasteiger partial charge in [0.05, 0.1) is 11.2 Å². The van der Waals surface area contributed by atoms with Crippen molar-refractivity contribution < 1.29 is 4.74 Å². The Morgan fingerprint density at radius 3 is 1.67 bits per heavy atom. The predicted octanol–water partition coefficient (Wildman–Crippen LogP) is 6.05. The van der Waals surface area contributed by atoms with Crippen LogP contribution < -0.4 is 0 Å². The first-order valence-corrected chi connectivity index (χ1v) is 8.96. The summed E-state index contributed by atoms with van der Waals surface area (Å²) in [6, 6.07) is 0. The number of hydrogen-bond donors (Lipinski definition) is 0. The summed E-state index contributed by atoms with van der Waals surface area (Å²) >= 11 is 0. The second kappa shape index (κ2) is 7.13. The van der Waals surface area contributed by atoms with Crippen molar-refractivity contribution in [1.82, 2.24) is 0 Å². The van der Waals surface area contributed by atoms with E-state index in [1.165, 1.54) is 51.4 Å². The molecule has 0 amide bonds. The quantitative estimate of drug-likeness (QED) is 0.541. The molecule has 1 heteroatoms. The fraction of sp³-hybridized carbons (Fsp3) is 0.800. The molecule has 2 rings (SSSR count). The first-order chi connectivity index (χ1) is 10.0. The normalized spacial score (nSPS) is 40.7. The van der Waals surface area contributed by atoms with Gasteiger partial charge in [-0.25, -0.2) is 0 Å². The predicted molar refractivity (Wildman–Crippen MR) is 91.4 cm³/mol. The zero-order chi connectivity index (χ0) is 15.3. The fourth-order valence-corrected chi connectivity index (χ4v) is 4.69. The maximum absolute atomic E-state index is 6.94. The molecule has 0 saturated heterocycles. The third kappa shape index (κ3) is 3.80. The van der Waals surface area contributed by atoms with E-state index in [1.54, 1.807) is 0 Å². The highest BCUT2D eigenvalue weighted by Crippen LogP contribution is 2.47. The molecule has 0 aliphatic heterocycles. The second-order valence-corrected chi connectivity index (χ2v) is 7.66. The van der Waals surface area contributed by atoms with Crippen molar-refractivity contribution in [3.8, 4) is 0 Å². The maximum Gasteiger partial charge on any atom is 0.0693 e. The Balaban J connectivity index is 2.14. The molecular formula is C20H34O. The van der Waals surface area contributed by atoms with Gasteiger partial charge >= 0.3 is 0 Å². The fourth-order valence-electron chi connectivity index (χ4n) is 4.69. The summed E-state index contributed by atoms with van der Waals surface area (Å²) in [5.41, 5.74) is 0.0793. The summed E-state index contributed by atoms with van der Waals surface area (Å²) in [7, 11) is 0. The van der Waals surface area contributed by atoms with Gasteiger partial charge in [-0.1, -0.05) is 37.8 Å². The standard InChI is InChI=1S/C20H34O/c1-5-11-17-13-7-9-15-19(17,3)21-20(4)16-10-8-14-18(20)12-6-2/h5-6,17-18H,1-2,7-16H2,3-4H3. The largest absolute Gasteiger partial charge is 0.369 e. The van der Waals surface area contributed by atoms with E-state index in [0.29, 0.717) is 11.8 Å². The molecule has 2 aliphatic carbocycles. The van der Waals surface area contributed by atoms with Crippen molar-refractivity contribution in [1.29, 1.82) is 0 Å². The van der Waals surface area contributed by atoms with Gasteiger partial charge in [0.1, 0.15) is 0 Å². The van der Waals surface area contributed by atoms with Crippen molar-refractivity contribution in [3.05, 3.63) is 25.3 Å². The summed E-state index contributed by atoms with van der Waals surface area (Å²) < 4.78 is 6.94. The molecule has 120 valence electrons. The lowest BCUT2D eigenvalue weighted by atomic mass is 9.71. The van der Waals surface area contributed by atoms with Crippen LogP contribution >= 0.6 is 0 Å². The third-order valence-corrected chi connectivity index (χ3v) is 6.05. The minimum Gasteiger partial charge on any atom is -0.369 e. The summed E-state index contributed by atoms with van der Waals surface area (Å²) in [5.74, 6) is 1.29. The molecule has 0 bridgehead atoms. The highest BCUT2D eigenvalue weighted by atomic mass is 16.5. The van der Waals surface area contributed by atoms with Gasteiger partial charge in [0, 0.05) is 0 Å². The SMILES string of the molecule is C=CCC1CCCCC1(C)OC1(C)CCCCC1CC=C. The summed E-state index contributed by atoms with van der Waals surface area (Å²) in [6.45, 7) is 12.7. The monoisotopic (exact) mass is 290 g/mol. The number of ether oxygens (including phenoxy) is 1. The maximum atomic E-state index is 6.94. The molecule has 2 saturated carbocycles. The Labute approximate surface area is 131 Å². The molecule has 4 atom stereocenters. The van der Waals surface area contributed by atoms with Gasteiger partial charge in [-0.3, -0.25) is 0 Å². The molecule has 0 aromatic heterocycles. The number of hydrogen-bond acceptors (Lipinski definition) is 1. The topological polar surface area (TPSA) is 9.23 Å². The molecule has 21 heavy (non-hydrogen) atoms. The average Bonchev–Trinajstić information content (AvgIpc) is 2.44. The first-order valence-electron chi connectivity index (χ1n) is 8.96.